The van der Waals surface area contributed by atoms with Gasteiger partial charge in [-0.3, -0.25) is 4.90 Å². The van der Waals surface area contributed by atoms with Crippen LogP contribution in [0.25, 0.3) is 0 Å². The molecule has 0 spiro atoms. The molecule has 1 aliphatic rings. The maximum absolute atomic E-state index is 6.01. The minimum Gasteiger partial charge on any atom is -0.496 e. The second-order valence-corrected chi connectivity index (χ2v) is 8.65. The molecule has 1 aliphatic heterocycles. The van der Waals surface area contributed by atoms with Crippen LogP contribution in [0.15, 0.2) is 66.7 Å². The number of methoxy groups -OCH3 is 2. The highest BCUT2D eigenvalue weighted by Gasteiger charge is 2.17. The van der Waals surface area contributed by atoms with Crippen molar-refractivity contribution in [2.24, 2.45) is 0 Å². The van der Waals surface area contributed by atoms with E-state index in [9.17, 15) is 0 Å². The third-order valence-electron chi connectivity index (χ3n) is 6.03. The smallest absolute Gasteiger partial charge is 0.127 e. The fraction of sp³-hybridized carbons (Fsp3) is 0.333. The van der Waals surface area contributed by atoms with Crippen molar-refractivity contribution in [2.75, 3.05) is 51.8 Å². The number of rotatable bonds is 9. The molecule has 0 radical (unpaired) electrons. The van der Waals surface area contributed by atoms with Crippen LogP contribution in [0.2, 0.25) is 5.02 Å². The molecule has 1 saturated heterocycles. The topological polar surface area (TPSA) is 34.2 Å². The highest BCUT2D eigenvalue weighted by atomic mass is 35.5. The first kappa shape index (κ1) is 26.0. The molecule has 4 rings (SSSR count). The lowest BCUT2D eigenvalue weighted by Gasteiger charge is -2.36. The van der Waals surface area contributed by atoms with Gasteiger partial charge in [-0.1, -0.05) is 35.9 Å². The first-order valence-electron chi connectivity index (χ1n) is 11.3. The molecule has 0 N–H and O–H groups in total. The van der Waals surface area contributed by atoms with Gasteiger partial charge in [-0.2, -0.15) is 0 Å². The number of hydrogen-bond donors (Lipinski definition) is 0. The molecule has 34 heavy (non-hydrogen) atoms. The lowest BCUT2D eigenvalue weighted by atomic mass is 10.1. The molecule has 5 nitrogen and oxygen atoms in total. The summed E-state index contributed by atoms with van der Waals surface area (Å²) >= 11 is 6.01. The lowest BCUT2D eigenvalue weighted by Crippen LogP contribution is -2.46. The third-order valence-corrected chi connectivity index (χ3v) is 6.29. The Morgan fingerprint density at radius 2 is 1.29 bits per heavy atom. The normalized spacial score (nSPS) is 13.8. The lowest BCUT2D eigenvalue weighted by molar-refractivity contribution is 0.261. The number of halogens is 2. The molecular weight excluding hydrogens is 471 g/mol. The molecule has 0 unspecified atom stereocenters. The second kappa shape index (κ2) is 12.7. The van der Waals surface area contributed by atoms with Gasteiger partial charge < -0.3 is 19.1 Å². The Hall–Kier alpha value is -2.60. The van der Waals surface area contributed by atoms with E-state index in [4.69, 9.17) is 25.8 Å². The van der Waals surface area contributed by atoms with Crippen LogP contribution in [-0.4, -0.2) is 51.8 Å². The number of anilines is 1. The standard InChI is InChI=1S/C27H31ClN2O3.ClH/c1-31-25-17-26(32-2)19-27(18-25)33-20-22-5-3-21(4-6-22)11-12-29-13-15-30(16-14-29)24-9-7-23(28)8-10-24;/h3-10,17-19H,11-16,20H2,1-2H3;1H. The summed E-state index contributed by atoms with van der Waals surface area (Å²) in [4.78, 5) is 4.97. The van der Waals surface area contributed by atoms with E-state index in [2.05, 4.69) is 46.2 Å². The maximum Gasteiger partial charge on any atom is 0.127 e. The first-order chi connectivity index (χ1) is 16.1. The summed E-state index contributed by atoms with van der Waals surface area (Å²) in [6.07, 6.45) is 1.05. The van der Waals surface area contributed by atoms with Crippen molar-refractivity contribution in [3.63, 3.8) is 0 Å². The van der Waals surface area contributed by atoms with Crippen molar-refractivity contribution in [2.45, 2.75) is 13.0 Å². The summed E-state index contributed by atoms with van der Waals surface area (Å²) in [5, 5.41) is 0.787. The van der Waals surface area contributed by atoms with Crippen LogP contribution in [0.3, 0.4) is 0 Å². The Morgan fingerprint density at radius 3 is 1.88 bits per heavy atom. The highest BCUT2D eigenvalue weighted by molar-refractivity contribution is 6.30. The number of piperazine rings is 1. The van der Waals surface area contributed by atoms with Crippen LogP contribution in [0.4, 0.5) is 5.69 Å². The van der Waals surface area contributed by atoms with Gasteiger partial charge in [0.15, 0.2) is 0 Å². The van der Waals surface area contributed by atoms with Gasteiger partial charge in [-0.05, 0) is 41.8 Å². The Kier molecular flexibility index (Phi) is 9.75. The van der Waals surface area contributed by atoms with Gasteiger partial charge in [-0.15, -0.1) is 12.4 Å². The molecule has 0 aromatic heterocycles. The van der Waals surface area contributed by atoms with Crippen LogP contribution in [0.5, 0.6) is 17.2 Å². The Morgan fingerprint density at radius 1 is 0.735 bits per heavy atom. The summed E-state index contributed by atoms with van der Waals surface area (Å²) in [5.41, 5.74) is 3.74. The van der Waals surface area contributed by atoms with Crippen molar-refractivity contribution in [3.8, 4) is 17.2 Å². The molecule has 1 fully saturated rings. The predicted molar refractivity (Wildman–Crippen MR) is 141 cm³/mol. The zero-order valence-corrected chi connectivity index (χ0v) is 21.3. The highest BCUT2D eigenvalue weighted by Crippen LogP contribution is 2.28. The van der Waals surface area contributed by atoms with Crippen molar-refractivity contribution >= 4 is 29.7 Å². The van der Waals surface area contributed by atoms with Crippen LogP contribution < -0.4 is 19.1 Å². The fourth-order valence-corrected chi connectivity index (χ4v) is 4.13. The SMILES string of the molecule is COc1cc(OC)cc(OCc2ccc(CCN3CCN(c4ccc(Cl)cc4)CC3)cc2)c1.Cl. The molecule has 3 aromatic rings. The summed E-state index contributed by atoms with van der Waals surface area (Å²) in [6.45, 7) is 5.84. The number of hydrogen-bond acceptors (Lipinski definition) is 5. The zero-order valence-electron chi connectivity index (χ0n) is 19.7. The van der Waals surface area contributed by atoms with E-state index in [1.807, 2.05) is 30.3 Å². The predicted octanol–water partition coefficient (Wildman–Crippen LogP) is 5.72. The molecule has 182 valence electrons. The average molecular weight is 503 g/mol. The van der Waals surface area contributed by atoms with Gasteiger partial charge in [0.05, 0.1) is 14.2 Å². The summed E-state index contributed by atoms with van der Waals surface area (Å²) in [6, 6.07) is 22.4. The van der Waals surface area contributed by atoms with Crippen molar-refractivity contribution in [1.82, 2.24) is 4.90 Å². The molecule has 7 heteroatoms. The number of ether oxygens (including phenoxy) is 3. The van der Waals surface area contributed by atoms with Crippen molar-refractivity contribution in [3.05, 3.63) is 82.9 Å². The summed E-state index contributed by atoms with van der Waals surface area (Å²) in [5.74, 6) is 2.16. The monoisotopic (exact) mass is 502 g/mol. The van der Waals surface area contributed by atoms with E-state index < -0.39 is 0 Å². The minimum absolute atomic E-state index is 0. The van der Waals surface area contributed by atoms with E-state index in [1.54, 1.807) is 14.2 Å². The van der Waals surface area contributed by atoms with Crippen LogP contribution >= 0.6 is 24.0 Å². The van der Waals surface area contributed by atoms with Crippen molar-refractivity contribution in [1.29, 1.82) is 0 Å². The van der Waals surface area contributed by atoms with E-state index in [0.717, 1.165) is 55.5 Å². The van der Waals surface area contributed by atoms with Gasteiger partial charge >= 0.3 is 0 Å². The van der Waals surface area contributed by atoms with E-state index >= 15 is 0 Å². The molecule has 0 amide bonds. The van der Waals surface area contributed by atoms with Crippen LogP contribution in [0, 0.1) is 0 Å². The van der Waals surface area contributed by atoms with Gasteiger partial charge in [-0.25, -0.2) is 0 Å². The van der Waals surface area contributed by atoms with Crippen molar-refractivity contribution < 1.29 is 14.2 Å². The summed E-state index contributed by atoms with van der Waals surface area (Å²) < 4.78 is 16.6. The zero-order chi connectivity index (χ0) is 23.0. The quantitative estimate of drug-likeness (QED) is 0.373. The molecular formula is C27H32Cl2N2O3. The molecule has 0 saturated carbocycles. The molecule has 0 aliphatic carbocycles. The number of benzene rings is 3. The van der Waals surface area contributed by atoms with Gasteiger partial charge in [0, 0.05) is 61.6 Å². The Bertz CT molecular complexity index is 999. The first-order valence-corrected chi connectivity index (χ1v) is 11.7. The van der Waals surface area contributed by atoms with Gasteiger partial charge in [0.25, 0.3) is 0 Å². The minimum atomic E-state index is 0. The third kappa shape index (κ3) is 7.20. The van der Waals surface area contributed by atoms with Gasteiger partial charge in [0.2, 0.25) is 0 Å². The van der Waals surface area contributed by atoms with Gasteiger partial charge in [0.1, 0.15) is 23.9 Å². The fourth-order valence-electron chi connectivity index (χ4n) is 4.00. The maximum atomic E-state index is 6.01. The molecule has 0 atom stereocenters. The average Bonchev–Trinajstić information content (AvgIpc) is 2.87. The number of nitrogens with zero attached hydrogens (tertiary/aromatic N) is 2. The van der Waals surface area contributed by atoms with E-state index in [0.29, 0.717) is 18.1 Å². The molecule has 1 heterocycles. The second-order valence-electron chi connectivity index (χ2n) is 8.21. The molecule has 0 bridgehead atoms. The molecule has 3 aromatic carbocycles. The van der Waals surface area contributed by atoms with Crippen LogP contribution in [0.1, 0.15) is 11.1 Å². The van der Waals surface area contributed by atoms with Crippen LogP contribution in [-0.2, 0) is 13.0 Å². The Balaban J connectivity index is 0.00000324. The van der Waals surface area contributed by atoms with E-state index in [1.165, 1.54) is 11.3 Å². The summed E-state index contributed by atoms with van der Waals surface area (Å²) in [7, 11) is 3.27. The largest absolute Gasteiger partial charge is 0.496 e. The van der Waals surface area contributed by atoms with E-state index in [-0.39, 0.29) is 12.4 Å². The Labute approximate surface area is 213 Å².